The van der Waals surface area contributed by atoms with Crippen molar-refractivity contribution in [1.29, 1.82) is 0 Å². The average molecular weight is 423 g/mol. The Morgan fingerprint density at radius 3 is 2.80 bits per heavy atom. The summed E-state index contributed by atoms with van der Waals surface area (Å²) in [7, 11) is 0. The number of fused-ring (bicyclic) bond motifs is 1. The standard InChI is InChI=1S/C18H19BrN2O3S/c1-10(2)24-17(23)15-11(3)20-18-21(14(22)8-9-25-18)16(15)12-6-4-5-7-13(12)19/h4-7,10,16H,8-9H2,1-3H3/t16-/m0/s1. The number of benzene rings is 1. The molecule has 1 amide bonds. The number of halogens is 1. The van der Waals surface area contributed by atoms with Crippen LogP contribution in [-0.2, 0) is 14.3 Å². The molecule has 7 heteroatoms. The molecule has 5 nitrogen and oxygen atoms in total. The number of thioether (sulfide) groups is 1. The lowest BCUT2D eigenvalue weighted by Crippen LogP contribution is -2.46. The van der Waals surface area contributed by atoms with E-state index in [1.807, 2.05) is 24.3 Å². The Kier molecular flexibility index (Phi) is 5.34. The van der Waals surface area contributed by atoms with Gasteiger partial charge in [0.2, 0.25) is 5.91 Å². The lowest BCUT2D eigenvalue weighted by atomic mass is 9.94. The van der Waals surface area contributed by atoms with E-state index in [4.69, 9.17) is 4.74 Å². The molecular formula is C18H19BrN2O3S. The largest absolute Gasteiger partial charge is 0.459 e. The summed E-state index contributed by atoms with van der Waals surface area (Å²) in [6, 6.07) is 7.09. The third-order valence-electron chi connectivity index (χ3n) is 3.97. The van der Waals surface area contributed by atoms with Crippen molar-refractivity contribution in [2.75, 3.05) is 5.75 Å². The minimum atomic E-state index is -0.533. The van der Waals surface area contributed by atoms with Crippen LogP contribution in [-0.4, -0.2) is 33.8 Å². The first-order valence-corrected chi connectivity index (χ1v) is 9.87. The monoisotopic (exact) mass is 422 g/mol. The van der Waals surface area contributed by atoms with Gasteiger partial charge in [-0.05, 0) is 32.4 Å². The molecule has 0 saturated carbocycles. The van der Waals surface area contributed by atoms with Gasteiger partial charge in [-0.3, -0.25) is 9.69 Å². The number of allylic oxidation sites excluding steroid dienone is 1. The van der Waals surface area contributed by atoms with E-state index in [1.54, 1.807) is 37.4 Å². The molecule has 0 aromatic heterocycles. The number of amides is 1. The summed E-state index contributed by atoms with van der Waals surface area (Å²) < 4.78 is 6.28. The maximum absolute atomic E-state index is 12.8. The molecule has 2 aliphatic rings. The van der Waals surface area contributed by atoms with Crippen molar-refractivity contribution in [3.63, 3.8) is 0 Å². The fraction of sp³-hybridized carbons (Fsp3) is 0.389. The smallest absolute Gasteiger partial charge is 0.338 e. The van der Waals surface area contributed by atoms with Gasteiger partial charge in [-0.15, -0.1) is 0 Å². The van der Waals surface area contributed by atoms with Crippen LogP contribution < -0.4 is 0 Å². The predicted molar refractivity (Wildman–Crippen MR) is 102 cm³/mol. The SMILES string of the molecule is CC1=C(C(=O)OC(C)C)[C@H](c2ccccc2Br)N2C(=O)CCSC2=N1. The van der Waals surface area contributed by atoms with Gasteiger partial charge in [0, 0.05) is 16.6 Å². The zero-order valence-electron chi connectivity index (χ0n) is 14.3. The Hall–Kier alpha value is -1.60. The Labute approximate surface area is 159 Å². The van der Waals surface area contributed by atoms with Crippen molar-refractivity contribution >= 4 is 44.7 Å². The van der Waals surface area contributed by atoms with E-state index in [2.05, 4.69) is 20.9 Å². The molecule has 3 rings (SSSR count). The fourth-order valence-electron chi connectivity index (χ4n) is 2.93. The van der Waals surface area contributed by atoms with E-state index in [0.29, 0.717) is 28.6 Å². The normalized spacial score (nSPS) is 20.5. The molecular weight excluding hydrogens is 404 g/mol. The van der Waals surface area contributed by atoms with Crippen LogP contribution in [0.3, 0.4) is 0 Å². The number of ether oxygens (including phenoxy) is 1. The highest BCUT2D eigenvalue weighted by molar-refractivity contribution is 9.10. The van der Waals surface area contributed by atoms with Crippen LogP contribution in [0.15, 0.2) is 45.0 Å². The number of hydrogen-bond acceptors (Lipinski definition) is 5. The van der Waals surface area contributed by atoms with Gasteiger partial charge >= 0.3 is 5.97 Å². The second-order valence-corrected chi connectivity index (χ2v) is 8.05. The topological polar surface area (TPSA) is 59.0 Å². The summed E-state index contributed by atoms with van der Waals surface area (Å²) in [4.78, 5) is 31.6. The van der Waals surface area contributed by atoms with Crippen molar-refractivity contribution in [3.8, 4) is 0 Å². The predicted octanol–water partition coefficient (Wildman–Crippen LogP) is 4.05. The molecule has 25 heavy (non-hydrogen) atoms. The number of esters is 1. The molecule has 2 aliphatic heterocycles. The molecule has 2 heterocycles. The number of carbonyl (C=O) groups excluding carboxylic acids is 2. The molecule has 1 fully saturated rings. The van der Waals surface area contributed by atoms with E-state index in [9.17, 15) is 9.59 Å². The summed E-state index contributed by atoms with van der Waals surface area (Å²) in [5.41, 5.74) is 1.86. The molecule has 1 aromatic carbocycles. The zero-order valence-corrected chi connectivity index (χ0v) is 16.7. The van der Waals surface area contributed by atoms with Gasteiger partial charge in [0.1, 0.15) is 0 Å². The van der Waals surface area contributed by atoms with E-state index < -0.39 is 12.0 Å². The number of nitrogens with zero attached hydrogens (tertiary/aromatic N) is 2. The first kappa shape index (κ1) is 18.2. The Morgan fingerprint density at radius 1 is 1.40 bits per heavy atom. The first-order valence-electron chi connectivity index (χ1n) is 8.10. The van der Waals surface area contributed by atoms with Crippen LogP contribution in [0.4, 0.5) is 0 Å². The van der Waals surface area contributed by atoms with Gasteiger partial charge < -0.3 is 4.74 Å². The highest BCUT2D eigenvalue weighted by Crippen LogP contribution is 2.42. The molecule has 0 spiro atoms. The molecule has 132 valence electrons. The maximum Gasteiger partial charge on any atom is 0.338 e. The third kappa shape index (κ3) is 3.53. The lowest BCUT2D eigenvalue weighted by molar-refractivity contribution is -0.143. The second kappa shape index (κ2) is 7.33. The number of amidine groups is 1. The highest BCUT2D eigenvalue weighted by atomic mass is 79.9. The second-order valence-electron chi connectivity index (χ2n) is 6.13. The Morgan fingerprint density at radius 2 is 2.12 bits per heavy atom. The van der Waals surface area contributed by atoms with E-state index in [1.165, 1.54) is 0 Å². The van der Waals surface area contributed by atoms with Crippen molar-refractivity contribution in [2.45, 2.75) is 39.3 Å². The summed E-state index contributed by atoms with van der Waals surface area (Å²) in [5.74, 6) is 0.246. The zero-order chi connectivity index (χ0) is 18.1. The fourth-order valence-corrected chi connectivity index (χ4v) is 4.43. The lowest BCUT2D eigenvalue weighted by Gasteiger charge is -2.39. The van der Waals surface area contributed by atoms with Crippen LogP contribution in [0.1, 0.15) is 38.8 Å². The van der Waals surface area contributed by atoms with Gasteiger partial charge in [0.15, 0.2) is 5.17 Å². The van der Waals surface area contributed by atoms with Crippen molar-refractivity contribution in [2.24, 2.45) is 4.99 Å². The van der Waals surface area contributed by atoms with E-state index >= 15 is 0 Å². The van der Waals surface area contributed by atoms with E-state index in [0.717, 1.165) is 10.0 Å². The molecule has 0 unspecified atom stereocenters. The van der Waals surface area contributed by atoms with Crippen LogP contribution in [0.5, 0.6) is 0 Å². The van der Waals surface area contributed by atoms with Crippen molar-refractivity contribution < 1.29 is 14.3 Å². The average Bonchev–Trinajstić information content (AvgIpc) is 2.53. The number of rotatable bonds is 3. The van der Waals surface area contributed by atoms with Crippen molar-refractivity contribution in [3.05, 3.63) is 45.6 Å². The first-order chi connectivity index (χ1) is 11.9. The van der Waals surface area contributed by atoms with Crippen LogP contribution in [0.25, 0.3) is 0 Å². The van der Waals surface area contributed by atoms with E-state index in [-0.39, 0.29) is 12.0 Å². The van der Waals surface area contributed by atoms with Crippen molar-refractivity contribution in [1.82, 2.24) is 4.90 Å². The Bertz CT molecular complexity index is 788. The van der Waals surface area contributed by atoms with Crippen LogP contribution >= 0.6 is 27.7 Å². The van der Waals surface area contributed by atoms with Gasteiger partial charge in [-0.1, -0.05) is 45.9 Å². The molecule has 1 aromatic rings. The summed E-state index contributed by atoms with van der Waals surface area (Å²) in [6.45, 7) is 5.41. The minimum absolute atomic E-state index is 0.0272. The number of hydrogen-bond donors (Lipinski definition) is 0. The van der Waals surface area contributed by atoms with Gasteiger partial charge in [0.25, 0.3) is 0 Å². The minimum Gasteiger partial charge on any atom is -0.459 e. The van der Waals surface area contributed by atoms with Gasteiger partial charge in [0.05, 0.1) is 23.4 Å². The van der Waals surface area contributed by atoms with Gasteiger partial charge in [-0.2, -0.15) is 0 Å². The maximum atomic E-state index is 12.8. The highest BCUT2D eigenvalue weighted by Gasteiger charge is 2.42. The molecule has 0 bridgehead atoms. The van der Waals surface area contributed by atoms with Crippen LogP contribution in [0.2, 0.25) is 0 Å². The molecule has 1 atom stereocenters. The summed E-state index contributed by atoms with van der Waals surface area (Å²) in [6.07, 6.45) is 0.181. The summed E-state index contributed by atoms with van der Waals surface area (Å²) >= 11 is 5.10. The number of carbonyl (C=O) groups is 2. The molecule has 0 N–H and O–H groups in total. The van der Waals surface area contributed by atoms with Gasteiger partial charge in [-0.25, -0.2) is 9.79 Å². The molecule has 0 aliphatic carbocycles. The Balaban J connectivity index is 2.17. The quantitative estimate of drug-likeness (QED) is 0.689. The molecule has 0 radical (unpaired) electrons. The van der Waals surface area contributed by atoms with Crippen LogP contribution in [0, 0.1) is 0 Å². The number of aliphatic imine (C=N–C) groups is 1. The summed E-state index contributed by atoms with van der Waals surface area (Å²) in [5, 5.41) is 0.649. The molecule has 1 saturated heterocycles. The third-order valence-corrected chi connectivity index (χ3v) is 5.65.